The molecule has 9 nitrogen and oxygen atoms in total. The van der Waals surface area contributed by atoms with Gasteiger partial charge in [-0.15, -0.1) is 0 Å². The van der Waals surface area contributed by atoms with E-state index in [4.69, 9.17) is 9.94 Å². The van der Waals surface area contributed by atoms with Gasteiger partial charge in [-0.1, -0.05) is 42.5 Å². The van der Waals surface area contributed by atoms with Crippen LogP contribution in [0.3, 0.4) is 0 Å². The number of hydrogen-bond donors (Lipinski definition) is 4. The molecular formula is C25H30N4O5. The lowest BCUT2D eigenvalue weighted by Gasteiger charge is -2.27. The monoisotopic (exact) mass is 466 g/mol. The Kier molecular flexibility index (Phi) is 9.78. The second-order valence-corrected chi connectivity index (χ2v) is 7.92. The summed E-state index contributed by atoms with van der Waals surface area (Å²) in [5.74, 6) is -1.08. The lowest BCUT2D eigenvalue weighted by Crippen LogP contribution is -2.41. The molecule has 1 unspecified atom stereocenters. The van der Waals surface area contributed by atoms with Crippen molar-refractivity contribution in [3.8, 4) is 0 Å². The second-order valence-electron chi connectivity index (χ2n) is 7.92. The van der Waals surface area contributed by atoms with Gasteiger partial charge in [-0.05, 0) is 48.7 Å². The van der Waals surface area contributed by atoms with Gasteiger partial charge >= 0.3 is 6.03 Å². The Hall–Kier alpha value is -3.53. The molecule has 0 saturated carbocycles. The zero-order valence-corrected chi connectivity index (χ0v) is 18.9. The van der Waals surface area contributed by atoms with E-state index in [-0.39, 0.29) is 6.04 Å². The summed E-state index contributed by atoms with van der Waals surface area (Å²) >= 11 is 0. The molecule has 9 heteroatoms. The summed E-state index contributed by atoms with van der Waals surface area (Å²) in [4.78, 5) is 38.5. The molecule has 1 aliphatic heterocycles. The zero-order valence-electron chi connectivity index (χ0n) is 18.9. The predicted octanol–water partition coefficient (Wildman–Crippen LogP) is 2.50. The normalized spacial score (nSPS) is 15.0. The molecule has 1 heterocycles. The molecule has 3 rings (SSSR count). The van der Waals surface area contributed by atoms with Crippen molar-refractivity contribution in [3.05, 3.63) is 77.4 Å². The Bertz CT molecular complexity index is 973. The SMILES string of the molecule is O=C(C=Cc1ccc(C(CCCN2CCOCC2)NC(=O)NC(=O)c2ccccc2)cc1)NO. The minimum Gasteiger partial charge on any atom is -0.379 e. The Balaban J connectivity index is 1.64. The van der Waals surface area contributed by atoms with Crippen molar-refractivity contribution in [2.45, 2.75) is 18.9 Å². The first kappa shape index (κ1) is 25.1. The number of carbonyl (C=O) groups excluding carboxylic acids is 3. The molecule has 4 N–H and O–H groups in total. The molecule has 2 aromatic carbocycles. The molecule has 0 bridgehead atoms. The summed E-state index contributed by atoms with van der Waals surface area (Å²) in [5.41, 5.74) is 3.60. The fraction of sp³-hybridized carbons (Fsp3) is 0.320. The van der Waals surface area contributed by atoms with Crippen LogP contribution in [0.5, 0.6) is 0 Å². The number of nitrogens with one attached hydrogen (secondary N) is 3. The van der Waals surface area contributed by atoms with Crippen LogP contribution in [0.4, 0.5) is 4.79 Å². The average Bonchev–Trinajstić information content (AvgIpc) is 2.88. The Labute approximate surface area is 198 Å². The van der Waals surface area contributed by atoms with Crippen molar-refractivity contribution >= 4 is 23.9 Å². The quantitative estimate of drug-likeness (QED) is 0.256. The molecule has 0 spiro atoms. The van der Waals surface area contributed by atoms with E-state index in [2.05, 4.69) is 15.5 Å². The van der Waals surface area contributed by atoms with Crippen molar-refractivity contribution in [1.82, 2.24) is 21.0 Å². The predicted molar refractivity (Wildman–Crippen MR) is 127 cm³/mol. The molecule has 2 aromatic rings. The number of hydroxylamine groups is 1. The molecule has 0 aliphatic carbocycles. The van der Waals surface area contributed by atoms with Crippen LogP contribution in [0.1, 0.15) is 40.4 Å². The first-order valence-corrected chi connectivity index (χ1v) is 11.2. The van der Waals surface area contributed by atoms with Crippen LogP contribution in [0.2, 0.25) is 0 Å². The summed E-state index contributed by atoms with van der Waals surface area (Å²) < 4.78 is 5.39. The van der Waals surface area contributed by atoms with Crippen molar-refractivity contribution in [2.75, 3.05) is 32.8 Å². The van der Waals surface area contributed by atoms with E-state index in [1.165, 1.54) is 6.08 Å². The number of morpholine rings is 1. The Morgan fingerprint density at radius 3 is 2.41 bits per heavy atom. The fourth-order valence-corrected chi connectivity index (χ4v) is 3.67. The smallest absolute Gasteiger partial charge is 0.322 e. The van der Waals surface area contributed by atoms with Gasteiger partial charge in [-0.2, -0.15) is 0 Å². The number of nitrogens with zero attached hydrogens (tertiary/aromatic N) is 1. The van der Waals surface area contributed by atoms with Gasteiger partial charge in [0.2, 0.25) is 0 Å². The summed E-state index contributed by atoms with van der Waals surface area (Å²) in [5, 5.41) is 13.9. The maximum atomic E-state index is 12.6. The second kappa shape index (κ2) is 13.2. The standard InChI is InChI=1S/C25H30N4O5/c30-23(28-33)13-10-19-8-11-20(12-9-19)22(7-4-14-29-15-17-34-18-16-29)26-25(32)27-24(31)21-5-2-1-3-6-21/h1-3,5-6,8-13,22,33H,4,7,14-18H2,(H,28,30)(H2,26,27,31,32). The highest BCUT2D eigenvalue weighted by Gasteiger charge is 2.18. The molecule has 180 valence electrons. The Morgan fingerprint density at radius 2 is 1.74 bits per heavy atom. The first-order valence-electron chi connectivity index (χ1n) is 11.2. The van der Waals surface area contributed by atoms with E-state index in [1.807, 2.05) is 24.3 Å². The number of hydrogen-bond acceptors (Lipinski definition) is 6. The molecule has 1 atom stereocenters. The highest BCUT2D eigenvalue weighted by Crippen LogP contribution is 2.20. The minimum absolute atomic E-state index is 0.302. The topological polar surface area (TPSA) is 120 Å². The maximum Gasteiger partial charge on any atom is 0.322 e. The van der Waals surface area contributed by atoms with Gasteiger partial charge in [0.15, 0.2) is 0 Å². The van der Waals surface area contributed by atoms with Gasteiger partial charge in [0.25, 0.3) is 11.8 Å². The maximum absolute atomic E-state index is 12.6. The van der Waals surface area contributed by atoms with Crippen molar-refractivity contribution in [1.29, 1.82) is 0 Å². The van der Waals surface area contributed by atoms with Gasteiger partial charge in [-0.25, -0.2) is 10.3 Å². The average molecular weight is 467 g/mol. The van der Waals surface area contributed by atoms with Gasteiger partial charge in [0.1, 0.15) is 0 Å². The highest BCUT2D eigenvalue weighted by atomic mass is 16.5. The van der Waals surface area contributed by atoms with Crippen molar-refractivity contribution in [2.24, 2.45) is 0 Å². The lowest BCUT2D eigenvalue weighted by atomic mass is 10.00. The third kappa shape index (κ3) is 8.11. The molecule has 4 amide bonds. The third-order valence-electron chi connectivity index (χ3n) is 5.52. The molecule has 1 aliphatic rings. The summed E-state index contributed by atoms with van der Waals surface area (Å²) in [6.45, 7) is 4.15. The zero-order chi connectivity index (χ0) is 24.2. The van der Waals surface area contributed by atoms with Gasteiger partial charge in [0, 0.05) is 24.7 Å². The van der Waals surface area contributed by atoms with Gasteiger partial charge in [0.05, 0.1) is 19.3 Å². The minimum atomic E-state index is -0.619. The molecule has 0 radical (unpaired) electrons. The molecule has 1 saturated heterocycles. The van der Waals surface area contributed by atoms with Crippen LogP contribution in [-0.4, -0.2) is 60.8 Å². The number of imide groups is 1. The van der Waals surface area contributed by atoms with E-state index in [1.54, 1.807) is 41.9 Å². The van der Waals surface area contributed by atoms with Crippen LogP contribution in [0, 0.1) is 0 Å². The van der Waals surface area contributed by atoms with E-state index < -0.39 is 17.8 Å². The van der Waals surface area contributed by atoms with Gasteiger partial charge < -0.3 is 10.1 Å². The summed E-state index contributed by atoms with van der Waals surface area (Å²) in [6, 6.07) is 15.1. The Morgan fingerprint density at radius 1 is 1.03 bits per heavy atom. The van der Waals surface area contributed by atoms with Crippen LogP contribution < -0.4 is 16.1 Å². The summed E-state index contributed by atoms with van der Waals surface area (Å²) in [7, 11) is 0. The molecule has 0 aromatic heterocycles. The number of benzene rings is 2. The van der Waals surface area contributed by atoms with E-state index >= 15 is 0 Å². The van der Waals surface area contributed by atoms with Crippen molar-refractivity contribution < 1.29 is 24.3 Å². The van der Waals surface area contributed by atoms with Crippen LogP contribution in [-0.2, 0) is 9.53 Å². The number of urea groups is 1. The van der Waals surface area contributed by atoms with E-state index in [0.717, 1.165) is 50.4 Å². The van der Waals surface area contributed by atoms with E-state index in [9.17, 15) is 14.4 Å². The van der Waals surface area contributed by atoms with E-state index in [0.29, 0.717) is 12.0 Å². The number of carbonyl (C=O) groups is 3. The molecule has 1 fully saturated rings. The summed E-state index contributed by atoms with van der Waals surface area (Å²) in [6.07, 6.45) is 4.33. The molecular weight excluding hydrogens is 436 g/mol. The fourth-order valence-electron chi connectivity index (χ4n) is 3.67. The van der Waals surface area contributed by atoms with Crippen LogP contribution in [0.15, 0.2) is 60.7 Å². The third-order valence-corrected chi connectivity index (χ3v) is 5.52. The lowest BCUT2D eigenvalue weighted by molar-refractivity contribution is -0.124. The number of rotatable bonds is 9. The number of ether oxygens (including phenoxy) is 1. The number of amides is 4. The van der Waals surface area contributed by atoms with Crippen LogP contribution in [0.25, 0.3) is 6.08 Å². The first-order chi connectivity index (χ1) is 16.5. The van der Waals surface area contributed by atoms with Gasteiger partial charge in [-0.3, -0.25) is 25.0 Å². The van der Waals surface area contributed by atoms with Crippen LogP contribution >= 0.6 is 0 Å². The molecule has 34 heavy (non-hydrogen) atoms. The largest absolute Gasteiger partial charge is 0.379 e. The van der Waals surface area contributed by atoms with Crippen molar-refractivity contribution in [3.63, 3.8) is 0 Å². The highest BCUT2D eigenvalue weighted by molar-refractivity contribution is 6.04.